The minimum atomic E-state index is -0.307. The van der Waals surface area contributed by atoms with Crippen molar-refractivity contribution in [2.45, 2.75) is 77.7 Å². The van der Waals surface area contributed by atoms with E-state index in [2.05, 4.69) is 16.5 Å². The Morgan fingerprint density at radius 3 is 2.52 bits per heavy atom. The summed E-state index contributed by atoms with van der Waals surface area (Å²) in [5.41, 5.74) is 1.61. The molecular formula is C23H34N2O2. The summed E-state index contributed by atoms with van der Waals surface area (Å²) >= 11 is 0. The smallest absolute Gasteiger partial charge is 0.330 e. The number of esters is 1. The number of ether oxygens (including phenoxy) is 1. The minimum Gasteiger partial charge on any atom is -0.466 e. The fourth-order valence-corrected chi connectivity index (χ4v) is 6.52. The average Bonchev–Trinajstić information content (AvgIpc) is 3.03. The van der Waals surface area contributed by atoms with E-state index in [0.717, 1.165) is 42.8 Å². The van der Waals surface area contributed by atoms with Crippen LogP contribution in [0.15, 0.2) is 12.3 Å². The van der Waals surface area contributed by atoms with Crippen LogP contribution < -0.4 is 0 Å². The Kier molecular flexibility index (Phi) is 5.43. The zero-order valence-corrected chi connectivity index (χ0v) is 17.0. The third-order valence-electron chi connectivity index (χ3n) is 7.35. The highest BCUT2D eigenvalue weighted by Crippen LogP contribution is 2.61. The molecule has 1 aromatic rings. The predicted octanol–water partition coefficient (Wildman–Crippen LogP) is 5.02. The van der Waals surface area contributed by atoms with Gasteiger partial charge >= 0.3 is 5.97 Å². The molecule has 0 unspecified atom stereocenters. The zero-order chi connectivity index (χ0) is 18.9. The maximum atomic E-state index is 11.5. The Hall–Kier alpha value is -1.58. The molecule has 0 spiro atoms. The van der Waals surface area contributed by atoms with E-state index in [-0.39, 0.29) is 5.97 Å². The van der Waals surface area contributed by atoms with Gasteiger partial charge in [-0.05, 0) is 80.6 Å². The Morgan fingerprint density at radius 2 is 1.93 bits per heavy atom. The lowest BCUT2D eigenvalue weighted by atomic mass is 9.49. The third kappa shape index (κ3) is 4.00. The molecule has 27 heavy (non-hydrogen) atoms. The van der Waals surface area contributed by atoms with Crippen molar-refractivity contribution in [3.63, 3.8) is 0 Å². The maximum absolute atomic E-state index is 11.5. The van der Waals surface area contributed by atoms with Crippen LogP contribution >= 0.6 is 0 Å². The highest BCUT2D eigenvalue weighted by Gasteiger charge is 2.50. The molecule has 4 saturated carbocycles. The third-order valence-corrected chi connectivity index (χ3v) is 7.35. The van der Waals surface area contributed by atoms with Crippen LogP contribution in [0.4, 0.5) is 0 Å². The number of hydrogen-bond acceptors (Lipinski definition) is 3. The quantitative estimate of drug-likeness (QED) is 0.477. The van der Waals surface area contributed by atoms with Crippen LogP contribution in [0.5, 0.6) is 0 Å². The van der Waals surface area contributed by atoms with Gasteiger partial charge in [0.15, 0.2) is 0 Å². The van der Waals surface area contributed by atoms with Gasteiger partial charge in [0.2, 0.25) is 0 Å². The van der Waals surface area contributed by atoms with Crippen LogP contribution in [-0.4, -0.2) is 22.6 Å². The predicted molar refractivity (Wildman–Crippen MR) is 107 cm³/mol. The van der Waals surface area contributed by atoms with Crippen LogP contribution in [0.2, 0.25) is 0 Å². The first-order chi connectivity index (χ1) is 13.1. The van der Waals surface area contributed by atoms with Crippen molar-refractivity contribution in [3.8, 4) is 0 Å². The first-order valence-electron chi connectivity index (χ1n) is 10.9. The zero-order valence-electron chi connectivity index (χ0n) is 17.0. The second-order valence-corrected chi connectivity index (χ2v) is 9.38. The van der Waals surface area contributed by atoms with Crippen LogP contribution in [0.1, 0.15) is 76.2 Å². The minimum absolute atomic E-state index is 0.307. The molecule has 0 aliphatic heterocycles. The Labute approximate surface area is 163 Å². The van der Waals surface area contributed by atoms with Crippen LogP contribution in [-0.2, 0) is 22.5 Å². The Bertz CT molecular complexity index is 668. The van der Waals surface area contributed by atoms with Gasteiger partial charge in [-0.3, -0.25) is 0 Å². The molecule has 4 aliphatic carbocycles. The summed E-state index contributed by atoms with van der Waals surface area (Å²) in [6.45, 7) is 3.26. The number of nitrogens with zero attached hydrogens (tertiary/aromatic N) is 2. The van der Waals surface area contributed by atoms with Crippen molar-refractivity contribution >= 4 is 12.0 Å². The van der Waals surface area contributed by atoms with Gasteiger partial charge in [0.25, 0.3) is 0 Å². The highest BCUT2D eigenvalue weighted by molar-refractivity contribution is 5.86. The second kappa shape index (κ2) is 7.81. The standard InChI is InChI=1S/C23H34N2O2/c1-3-4-5-21-24-16-20(6-7-22(26)27-2)25(21)9-8-23-13-17-10-18(14-23)12-19(11-17)15-23/h6-7,16-19H,3-5,8-15H2,1-2H3. The van der Waals surface area contributed by atoms with Crippen molar-refractivity contribution in [1.82, 2.24) is 9.55 Å². The molecular weight excluding hydrogens is 336 g/mol. The summed E-state index contributed by atoms with van der Waals surface area (Å²) in [7, 11) is 1.42. The van der Waals surface area contributed by atoms with E-state index in [1.807, 2.05) is 12.3 Å². The number of unbranched alkanes of at least 4 members (excludes halogenated alkanes) is 1. The first kappa shape index (κ1) is 18.8. The number of hydrogen-bond donors (Lipinski definition) is 0. The normalized spacial score (nSPS) is 31.7. The van der Waals surface area contributed by atoms with Gasteiger partial charge in [-0.1, -0.05) is 13.3 Å². The fourth-order valence-electron chi connectivity index (χ4n) is 6.52. The molecule has 0 radical (unpaired) electrons. The summed E-state index contributed by atoms with van der Waals surface area (Å²) in [4.78, 5) is 16.2. The van der Waals surface area contributed by atoms with E-state index in [4.69, 9.17) is 4.74 Å². The van der Waals surface area contributed by atoms with E-state index in [0.29, 0.717) is 5.41 Å². The summed E-state index contributed by atoms with van der Waals surface area (Å²) in [6.07, 6.45) is 18.8. The molecule has 148 valence electrons. The number of carbonyl (C=O) groups is 1. The molecule has 4 bridgehead atoms. The molecule has 5 rings (SSSR count). The average molecular weight is 371 g/mol. The number of aryl methyl sites for hydroxylation is 1. The van der Waals surface area contributed by atoms with Gasteiger partial charge in [0, 0.05) is 19.0 Å². The molecule has 4 fully saturated rings. The number of aromatic nitrogens is 2. The monoisotopic (exact) mass is 370 g/mol. The molecule has 4 nitrogen and oxygen atoms in total. The number of imidazole rings is 1. The molecule has 4 heteroatoms. The number of methoxy groups -OCH3 is 1. The van der Waals surface area contributed by atoms with Gasteiger partial charge in [-0.25, -0.2) is 9.78 Å². The molecule has 0 amide bonds. The maximum Gasteiger partial charge on any atom is 0.330 e. The van der Waals surface area contributed by atoms with Gasteiger partial charge in [-0.2, -0.15) is 0 Å². The van der Waals surface area contributed by atoms with Crippen molar-refractivity contribution in [2.24, 2.45) is 23.2 Å². The molecule has 0 saturated heterocycles. The highest BCUT2D eigenvalue weighted by atomic mass is 16.5. The SMILES string of the molecule is CCCCc1ncc(C=CC(=O)OC)n1CCC12CC3CC(CC(C3)C1)C2. The molecule has 1 aromatic heterocycles. The van der Waals surface area contributed by atoms with E-state index >= 15 is 0 Å². The lowest BCUT2D eigenvalue weighted by Crippen LogP contribution is -2.46. The van der Waals surface area contributed by atoms with E-state index in [9.17, 15) is 4.79 Å². The van der Waals surface area contributed by atoms with Gasteiger partial charge < -0.3 is 9.30 Å². The second-order valence-electron chi connectivity index (χ2n) is 9.38. The van der Waals surface area contributed by atoms with E-state index in [1.54, 1.807) is 0 Å². The van der Waals surface area contributed by atoms with E-state index in [1.165, 1.54) is 70.4 Å². The largest absolute Gasteiger partial charge is 0.466 e. The summed E-state index contributed by atoms with van der Waals surface area (Å²) in [5, 5.41) is 0. The van der Waals surface area contributed by atoms with Crippen molar-refractivity contribution in [1.29, 1.82) is 0 Å². The van der Waals surface area contributed by atoms with Gasteiger partial charge in [0.1, 0.15) is 5.82 Å². The van der Waals surface area contributed by atoms with Crippen LogP contribution in [0, 0.1) is 23.2 Å². The van der Waals surface area contributed by atoms with Gasteiger partial charge in [0.05, 0.1) is 19.0 Å². The number of carbonyl (C=O) groups excluding carboxylic acids is 1. The van der Waals surface area contributed by atoms with Crippen molar-refractivity contribution in [3.05, 3.63) is 23.8 Å². The lowest BCUT2D eigenvalue weighted by molar-refractivity contribution is -0.134. The Morgan fingerprint density at radius 1 is 1.26 bits per heavy atom. The van der Waals surface area contributed by atoms with Crippen molar-refractivity contribution in [2.75, 3.05) is 7.11 Å². The Balaban J connectivity index is 1.50. The number of rotatable bonds is 8. The molecule has 1 heterocycles. The summed E-state index contributed by atoms with van der Waals surface area (Å²) < 4.78 is 7.12. The molecule has 4 aliphatic rings. The van der Waals surface area contributed by atoms with Crippen LogP contribution in [0.3, 0.4) is 0 Å². The molecule has 0 N–H and O–H groups in total. The fraction of sp³-hybridized carbons (Fsp3) is 0.739. The van der Waals surface area contributed by atoms with Crippen molar-refractivity contribution < 1.29 is 9.53 Å². The van der Waals surface area contributed by atoms with Gasteiger partial charge in [-0.15, -0.1) is 0 Å². The van der Waals surface area contributed by atoms with E-state index < -0.39 is 0 Å². The summed E-state index contributed by atoms with van der Waals surface area (Å²) in [5.74, 6) is 3.86. The lowest BCUT2D eigenvalue weighted by Gasteiger charge is -2.57. The van der Waals surface area contributed by atoms with Crippen LogP contribution in [0.25, 0.3) is 6.08 Å². The molecule has 0 aromatic carbocycles. The molecule has 0 atom stereocenters. The topological polar surface area (TPSA) is 44.1 Å². The summed E-state index contributed by atoms with van der Waals surface area (Å²) in [6, 6.07) is 0. The first-order valence-corrected chi connectivity index (χ1v) is 10.9.